The SMILES string of the molecule is CC[C@@H](NC(=O)CN(c1ccc2c(c1)OCO2)S(C)(=O)=O)c1ccccc1. The van der Waals surface area contributed by atoms with Gasteiger partial charge in [0.15, 0.2) is 11.5 Å². The van der Waals surface area contributed by atoms with Crippen LogP contribution in [0.1, 0.15) is 24.9 Å². The lowest BCUT2D eigenvalue weighted by Gasteiger charge is -2.24. The molecule has 0 aromatic heterocycles. The Morgan fingerprint density at radius 3 is 2.52 bits per heavy atom. The summed E-state index contributed by atoms with van der Waals surface area (Å²) in [6.45, 7) is 1.74. The van der Waals surface area contributed by atoms with Crippen LogP contribution in [0.3, 0.4) is 0 Å². The molecule has 0 aliphatic carbocycles. The summed E-state index contributed by atoms with van der Waals surface area (Å²) < 4.78 is 36.1. The third-order valence-electron chi connectivity index (χ3n) is 4.28. The molecule has 27 heavy (non-hydrogen) atoms. The third-order valence-corrected chi connectivity index (χ3v) is 5.42. The first-order valence-electron chi connectivity index (χ1n) is 8.60. The summed E-state index contributed by atoms with van der Waals surface area (Å²) in [5.74, 6) is 0.623. The van der Waals surface area contributed by atoms with E-state index in [9.17, 15) is 13.2 Å². The summed E-state index contributed by atoms with van der Waals surface area (Å²) in [4.78, 5) is 12.6. The summed E-state index contributed by atoms with van der Waals surface area (Å²) >= 11 is 0. The Bertz CT molecular complexity index is 915. The van der Waals surface area contributed by atoms with Gasteiger partial charge in [-0.15, -0.1) is 0 Å². The van der Waals surface area contributed by atoms with E-state index in [1.807, 2.05) is 37.3 Å². The zero-order chi connectivity index (χ0) is 19.4. The molecule has 3 rings (SSSR count). The number of anilines is 1. The molecule has 0 saturated heterocycles. The molecule has 0 bridgehead atoms. The maximum Gasteiger partial charge on any atom is 0.241 e. The highest BCUT2D eigenvalue weighted by atomic mass is 32.2. The average Bonchev–Trinajstić information content (AvgIpc) is 3.11. The fraction of sp³-hybridized carbons (Fsp3) is 0.316. The monoisotopic (exact) mass is 390 g/mol. The number of fused-ring (bicyclic) bond motifs is 1. The van der Waals surface area contributed by atoms with Crippen LogP contribution in [0.2, 0.25) is 0 Å². The molecule has 7 nitrogen and oxygen atoms in total. The Labute approximate surface area is 158 Å². The van der Waals surface area contributed by atoms with Gasteiger partial charge in [-0.2, -0.15) is 0 Å². The number of hydrogen-bond donors (Lipinski definition) is 1. The summed E-state index contributed by atoms with van der Waals surface area (Å²) in [5.41, 5.74) is 1.33. The van der Waals surface area contributed by atoms with Crippen molar-refractivity contribution in [2.75, 3.05) is 23.9 Å². The van der Waals surface area contributed by atoms with Crippen LogP contribution in [-0.4, -0.2) is 33.9 Å². The number of carbonyl (C=O) groups is 1. The third kappa shape index (κ3) is 4.51. The van der Waals surface area contributed by atoms with Crippen LogP contribution < -0.4 is 19.1 Å². The van der Waals surface area contributed by atoms with E-state index < -0.39 is 10.0 Å². The van der Waals surface area contributed by atoms with Crippen molar-refractivity contribution in [1.29, 1.82) is 0 Å². The molecule has 1 heterocycles. The number of ether oxygens (including phenoxy) is 2. The Balaban J connectivity index is 1.78. The lowest BCUT2D eigenvalue weighted by Crippen LogP contribution is -2.41. The van der Waals surface area contributed by atoms with Crippen molar-refractivity contribution in [2.24, 2.45) is 0 Å². The minimum absolute atomic E-state index is 0.0907. The lowest BCUT2D eigenvalue weighted by molar-refractivity contribution is -0.120. The normalized spacial score (nSPS) is 13.9. The zero-order valence-electron chi connectivity index (χ0n) is 15.2. The molecule has 0 fully saturated rings. The first-order valence-corrected chi connectivity index (χ1v) is 10.4. The molecule has 0 spiro atoms. The number of carbonyl (C=O) groups excluding carboxylic acids is 1. The zero-order valence-corrected chi connectivity index (χ0v) is 16.0. The quantitative estimate of drug-likeness (QED) is 0.785. The highest BCUT2D eigenvalue weighted by Crippen LogP contribution is 2.36. The first kappa shape index (κ1) is 19.0. The number of sulfonamides is 1. The number of hydrogen-bond acceptors (Lipinski definition) is 5. The first-order chi connectivity index (χ1) is 12.9. The van der Waals surface area contributed by atoms with E-state index in [2.05, 4.69) is 5.32 Å². The minimum atomic E-state index is -3.66. The van der Waals surface area contributed by atoms with Crippen molar-refractivity contribution >= 4 is 21.6 Å². The van der Waals surface area contributed by atoms with Crippen LogP contribution >= 0.6 is 0 Å². The van der Waals surface area contributed by atoms with Gasteiger partial charge in [0.2, 0.25) is 22.7 Å². The number of nitrogens with zero attached hydrogens (tertiary/aromatic N) is 1. The molecule has 0 saturated carbocycles. The van der Waals surface area contributed by atoms with Gasteiger partial charge in [-0.05, 0) is 24.1 Å². The van der Waals surface area contributed by atoms with Crippen molar-refractivity contribution in [3.05, 3.63) is 54.1 Å². The predicted molar refractivity (Wildman–Crippen MR) is 102 cm³/mol. The molecule has 0 radical (unpaired) electrons. The van der Waals surface area contributed by atoms with Crippen molar-refractivity contribution in [1.82, 2.24) is 5.32 Å². The van der Waals surface area contributed by atoms with Crippen molar-refractivity contribution in [3.63, 3.8) is 0 Å². The second kappa shape index (κ2) is 7.87. The van der Waals surface area contributed by atoms with E-state index in [1.165, 1.54) is 0 Å². The Kier molecular flexibility index (Phi) is 5.55. The Hall–Kier alpha value is -2.74. The standard InChI is InChI=1S/C19H22N2O5S/c1-3-16(14-7-5-4-6-8-14)20-19(22)12-21(27(2,23)24)15-9-10-17-18(11-15)26-13-25-17/h4-11,16H,3,12-13H2,1-2H3,(H,20,22)/t16-/m1/s1. The van der Waals surface area contributed by atoms with Crippen molar-refractivity contribution in [3.8, 4) is 11.5 Å². The largest absolute Gasteiger partial charge is 0.454 e. The second-order valence-electron chi connectivity index (χ2n) is 6.25. The van der Waals surface area contributed by atoms with E-state index in [-0.39, 0.29) is 25.3 Å². The number of amides is 1. The topological polar surface area (TPSA) is 84.9 Å². The van der Waals surface area contributed by atoms with E-state index in [0.717, 1.165) is 16.1 Å². The maximum absolute atomic E-state index is 12.6. The smallest absolute Gasteiger partial charge is 0.241 e. The number of nitrogens with one attached hydrogen (secondary N) is 1. The highest BCUT2D eigenvalue weighted by molar-refractivity contribution is 7.92. The van der Waals surface area contributed by atoms with Crippen LogP contribution in [0.25, 0.3) is 0 Å². The molecule has 1 aliphatic heterocycles. The number of benzene rings is 2. The molecular formula is C19H22N2O5S. The Morgan fingerprint density at radius 2 is 1.85 bits per heavy atom. The van der Waals surface area contributed by atoms with Gasteiger partial charge < -0.3 is 14.8 Å². The van der Waals surface area contributed by atoms with E-state index in [0.29, 0.717) is 23.6 Å². The van der Waals surface area contributed by atoms with Crippen molar-refractivity contribution < 1.29 is 22.7 Å². The number of rotatable bonds is 7. The van der Waals surface area contributed by atoms with Crippen molar-refractivity contribution in [2.45, 2.75) is 19.4 Å². The average molecular weight is 390 g/mol. The van der Waals surface area contributed by atoms with Crippen LogP contribution in [-0.2, 0) is 14.8 Å². The fourth-order valence-electron chi connectivity index (χ4n) is 2.92. The molecule has 0 unspecified atom stereocenters. The molecule has 1 amide bonds. The summed E-state index contributed by atoms with van der Waals surface area (Å²) in [7, 11) is -3.66. The molecule has 1 N–H and O–H groups in total. The molecule has 1 aliphatic rings. The van der Waals surface area contributed by atoms with Crippen LogP contribution in [0.4, 0.5) is 5.69 Å². The predicted octanol–water partition coefficient (Wildman–Crippen LogP) is 2.45. The minimum Gasteiger partial charge on any atom is -0.454 e. The summed E-state index contributed by atoms with van der Waals surface area (Å²) in [5, 5.41) is 2.91. The van der Waals surface area contributed by atoms with Gasteiger partial charge in [0, 0.05) is 6.07 Å². The highest BCUT2D eigenvalue weighted by Gasteiger charge is 2.24. The van der Waals surface area contributed by atoms with Gasteiger partial charge in [-0.1, -0.05) is 37.3 Å². The molecule has 1 atom stereocenters. The van der Waals surface area contributed by atoms with Crippen LogP contribution in [0.15, 0.2) is 48.5 Å². The van der Waals surface area contributed by atoms with Crippen LogP contribution in [0, 0.1) is 0 Å². The van der Waals surface area contributed by atoms with Gasteiger partial charge in [0.25, 0.3) is 0 Å². The molecule has 2 aromatic carbocycles. The molecule has 144 valence electrons. The molecule has 8 heteroatoms. The van der Waals surface area contributed by atoms with Gasteiger partial charge >= 0.3 is 0 Å². The lowest BCUT2D eigenvalue weighted by atomic mass is 10.0. The van der Waals surface area contributed by atoms with Gasteiger partial charge in [0.1, 0.15) is 6.54 Å². The van der Waals surface area contributed by atoms with E-state index >= 15 is 0 Å². The summed E-state index contributed by atoms with van der Waals surface area (Å²) in [6.07, 6.45) is 1.76. The fourth-order valence-corrected chi connectivity index (χ4v) is 3.77. The van der Waals surface area contributed by atoms with E-state index in [4.69, 9.17) is 9.47 Å². The Morgan fingerprint density at radius 1 is 1.15 bits per heavy atom. The molecular weight excluding hydrogens is 368 g/mol. The summed E-state index contributed by atoms with van der Waals surface area (Å²) in [6, 6.07) is 14.2. The van der Waals surface area contributed by atoms with E-state index in [1.54, 1.807) is 18.2 Å². The van der Waals surface area contributed by atoms with Crippen LogP contribution in [0.5, 0.6) is 11.5 Å². The molecule has 2 aromatic rings. The van der Waals surface area contributed by atoms with Gasteiger partial charge in [-0.3, -0.25) is 9.10 Å². The maximum atomic E-state index is 12.6. The second-order valence-corrected chi connectivity index (χ2v) is 8.15. The van der Waals surface area contributed by atoms with Gasteiger partial charge in [-0.25, -0.2) is 8.42 Å². The van der Waals surface area contributed by atoms with Gasteiger partial charge in [0.05, 0.1) is 18.0 Å².